The Kier molecular flexibility index (Phi) is 5.20. The van der Waals surface area contributed by atoms with Crippen LogP contribution in [0.25, 0.3) is 16.5 Å². The Hall–Kier alpha value is -2.21. The van der Waals surface area contributed by atoms with Gasteiger partial charge < -0.3 is 4.74 Å². The summed E-state index contributed by atoms with van der Waals surface area (Å²) in [5, 5.41) is 3.29. The fraction of sp³-hybridized carbons (Fsp3) is 0.273. The zero-order valence-electron chi connectivity index (χ0n) is 9.56. The van der Waals surface area contributed by atoms with Crippen LogP contribution in [-0.4, -0.2) is 12.9 Å². The lowest BCUT2D eigenvalue weighted by Crippen LogP contribution is -2.17. The molecule has 0 bridgehead atoms. The van der Waals surface area contributed by atoms with Gasteiger partial charge in [0.15, 0.2) is 11.6 Å². The van der Waals surface area contributed by atoms with Crippen LogP contribution in [0.1, 0.15) is 12.0 Å². The average molecular weight is 275 g/mol. The Morgan fingerprint density at radius 3 is 2.68 bits per heavy atom. The van der Waals surface area contributed by atoms with Crippen LogP contribution >= 0.6 is 0 Å². The van der Waals surface area contributed by atoms with E-state index in [1.54, 1.807) is 6.08 Å². The van der Waals surface area contributed by atoms with Gasteiger partial charge in [0.1, 0.15) is 0 Å². The van der Waals surface area contributed by atoms with Crippen LogP contribution in [0.5, 0.6) is 5.75 Å². The topological polar surface area (TPSA) is 58.0 Å². The molecule has 0 amide bonds. The third-order valence-electron chi connectivity index (χ3n) is 1.95. The molecule has 1 aromatic carbocycles. The molecule has 4 nitrogen and oxygen atoms in total. The molecule has 0 heterocycles. The van der Waals surface area contributed by atoms with Gasteiger partial charge in [-0.3, -0.25) is 0 Å². The molecule has 0 saturated heterocycles. The summed E-state index contributed by atoms with van der Waals surface area (Å²) in [6, 6.07) is 3.11. The molecule has 0 aliphatic carbocycles. The maximum Gasteiger partial charge on any atom is 0.573 e. The third kappa shape index (κ3) is 5.78. The van der Waals surface area contributed by atoms with Crippen LogP contribution in [0, 0.1) is 5.82 Å². The second kappa shape index (κ2) is 6.65. The highest BCUT2D eigenvalue weighted by Crippen LogP contribution is 2.26. The van der Waals surface area contributed by atoms with Gasteiger partial charge in [0.25, 0.3) is 0 Å². The van der Waals surface area contributed by atoms with E-state index in [2.05, 4.69) is 14.8 Å². The number of nitrogens with zero attached hydrogens (tertiary/aromatic N) is 3. The van der Waals surface area contributed by atoms with Crippen molar-refractivity contribution in [3.8, 4) is 5.75 Å². The van der Waals surface area contributed by atoms with Gasteiger partial charge >= 0.3 is 6.36 Å². The molecule has 19 heavy (non-hydrogen) atoms. The van der Waals surface area contributed by atoms with Gasteiger partial charge in [0, 0.05) is 11.5 Å². The molecule has 1 aromatic rings. The van der Waals surface area contributed by atoms with Crippen LogP contribution in [0.2, 0.25) is 0 Å². The molecule has 0 aliphatic rings. The number of hydrogen-bond acceptors (Lipinski definition) is 2. The lowest BCUT2D eigenvalue weighted by Gasteiger charge is -2.09. The molecule has 1 rings (SSSR count). The van der Waals surface area contributed by atoms with E-state index < -0.39 is 17.9 Å². The van der Waals surface area contributed by atoms with Gasteiger partial charge in [0.2, 0.25) is 0 Å². The van der Waals surface area contributed by atoms with E-state index in [1.807, 2.05) is 0 Å². The quantitative estimate of drug-likeness (QED) is 0.258. The second-order valence-corrected chi connectivity index (χ2v) is 3.38. The summed E-state index contributed by atoms with van der Waals surface area (Å²) in [7, 11) is 0. The van der Waals surface area contributed by atoms with E-state index >= 15 is 0 Å². The van der Waals surface area contributed by atoms with Crippen molar-refractivity contribution in [2.24, 2.45) is 5.11 Å². The van der Waals surface area contributed by atoms with E-state index in [4.69, 9.17) is 5.53 Å². The molecule has 0 unspecified atom stereocenters. The minimum Gasteiger partial charge on any atom is -0.403 e. The van der Waals surface area contributed by atoms with Gasteiger partial charge in [-0.1, -0.05) is 23.3 Å². The summed E-state index contributed by atoms with van der Waals surface area (Å²) in [5.41, 5.74) is 8.40. The van der Waals surface area contributed by atoms with E-state index in [9.17, 15) is 17.6 Å². The molecule has 0 aliphatic heterocycles. The molecule has 0 fully saturated rings. The first-order valence-corrected chi connectivity index (χ1v) is 5.15. The van der Waals surface area contributed by atoms with E-state index in [0.29, 0.717) is 12.0 Å². The summed E-state index contributed by atoms with van der Waals surface area (Å²) in [4.78, 5) is 2.55. The van der Waals surface area contributed by atoms with Crippen molar-refractivity contribution in [1.82, 2.24) is 0 Å². The van der Waals surface area contributed by atoms with Crippen molar-refractivity contribution < 1.29 is 22.3 Å². The smallest absolute Gasteiger partial charge is 0.403 e. The van der Waals surface area contributed by atoms with Gasteiger partial charge in [-0.15, -0.1) is 13.2 Å². The SMILES string of the molecule is [N-]=[N+]=NCCC=Cc1ccc(OC(F)(F)F)c(F)c1. The molecule has 0 spiro atoms. The summed E-state index contributed by atoms with van der Waals surface area (Å²) in [6.45, 7) is 0.255. The first-order valence-electron chi connectivity index (χ1n) is 5.15. The van der Waals surface area contributed by atoms with Gasteiger partial charge in [-0.25, -0.2) is 4.39 Å². The number of ether oxygens (including phenoxy) is 1. The van der Waals surface area contributed by atoms with Crippen LogP contribution in [-0.2, 0) is 0 Å². The van der Waals surface area contributed by atoms with Crippen LogP contribution in [0.15, 0.2) is 29.4 Å². The summed E-state index contributed by atoms with van der Waals surface area (Å²) in [6.07, 6.45) is -1.35. The lowest BCUT2D eigenvalue weighted by atomic mass is 10.2. The van der Waals surface area contributed by atoms with Gasteiger partial charge in [-0.2, -0.15) is 0 Å². The minimum atomic E-state index is -4.92. The largest absolute Gasteiger partial charge is 0.573 e. The maximum atomic E-state index is 13.3. The van der Waals surface area contributed by atoms with Crippen LogP contribution in [0.3, 0.4) is 0 Å². The van der Waals surface area contributed by atoms with Crippen LogP contribution in [0.4, 0.5) is 17.6 Å². The van der Waals surface area contributed by atoms with Crippen molar-refractivity contribution in [1.29, 1.82) is 0 Å². The number of azide groups is 1. The molecule has 0 N–H and O–H groups in total. The highest BCUT2D eigenvalue weighted by atomic mass is 19.4. The highest BCUT2D eigenvalue weighted by molar-refractivity contribution is 5.51. The summed E-state index contributed by atoms with van der Waals surface area (Å²) >= 11 is 0. The first-order chi connectivity index (χ1) is 8.92. The standard InChI is InChI=1S/C11H9F4N3O/c12-9-7-8(3-1-2-6-17-18-16)4-5-10(9)19-11(13,14)15/h1,3-5,7H,2,6H2. The van der Waals surface area contributed by atoms with E-state index in [0.717, 1.165) is 12.1 Å². The van der Waals surface area contributed by atoms with Gasteiger partial charge in [0.05, 0.1) is 0 Å². The third-order valence-corrected chi connectivity index (χ3v) is 1.95. The highest BCUT2D eigenvalue weighted by Gasteiger charge is 2.32. The number of rotatable bonds is 5. The van der Waals surface area contributed by atoms with Gasteiger partial charge in [-0.05, 0) is 29.6 Å². The molecule has 0 aromatic heterocycles. The summed E-state index contributed by atoms with van der Waals surface area (Å²) in [5.74, 6) is -1.98. The Bertz CT molecular complexity index is 507. The normalized spacial score (nSPS) is 11.4. The fourth-order valence-electron chi connectivity index (χ4n) is 1.22. The number of alkyl halides is 3. The zero-order valence-corrected chi connectivity index (χ0v) is 9.56. The van der Waals surface area contributed by atoms with Crippen molar-refractivity contribution in [3.05, 3.63) is 46.1 Å². The molecular weight excluding hydrogens is 266 g/mol. The lowest BCUT2D eigenvalue weighted by molar-refractivity contribution is -0.275. The van der Waals surface area contributed by atoms with E-state index in [-0.39, 0.29) is 6.54 Å². The fourth-order valence-corrected chi connectivity index (χ4v) is 1.22. The molecule has 0 atom stereocenters. The Morgan fingerprint density at radius 1 is 1.37 bits per heavy atom. The van der Waals surface area contributed by atoms with Crippen LogP contribution < -0.4 is 4.74 Å². The molecule has 0 radical (unpaired) electrons. The average Bonchev–Trinajstić information content (AvgIpc) is 2.31. The van der Waals surface area contributed by atoms with Crippen molar-refractivity contribution in [2.75, 3.05) is 6.54 Å². The van der Waals surface area contributed by atoms with Crippen molar-refractivity contribution >= 4 is 6.08 Å². The Balaban J connectivity index is 2.68. The van der Waals surface area contributed by atoms with Crippen molar-refractivity contribution in [2.45, 2.75) is 12.8 Å². The number of halogens is 4. The molecule has 8 heteroatoms. The Labute approximate surface area is 105 Å². The predicted octanol–water partition coefficient (Wildman–Crippen LogP) is 4.44. The number of benzene rings is 1. The minimum absolute atomic E-state index is 0.255. The Morgan fingerprint density at radius 2 is 2.11 bits per heavy atom. The molecule has 0 saturated carbocycles. The first kappa shape index (κ1) is 14.8. The molecular formula is C11H9F4N3O. The van der Waals surface area contributed by atoms with Crippen molar-refractivity contribution in [3.63, 3.8) is 0 Å². The molecule has 102 valence electrons. The predicted molar refractivity (Wildman–Crippen MR) is 60.7 cm³/mol. The number of hydrogen-bond donors (Lipinski definition) is 0. The monoisotopic (exact) mass is 275 g/mol. The maximum absolute atomic E-state index is 13.3. The van der Waals surface area contributed by atoms with E-state index in [1.165, 1.54) is 12.1 Å². The zero-order chi connectivity index (χ0) is 14.3. The second-order valence-electron chi connectivity index (χ2n) is 3.38. The summed E-state index contributed by atoms with van der Waals surface area (Å²) < 4.78 is 52.5.